The minimum absolute atomic E-state index is 0.0628. The van der Waals surface area contributed by atoms with E-state index in [2.05, 4.69) is 9.97 Å². The van der Waals surface area contributed by atoms with E-state index in [9.17, 15) is 4.79 Å². The number of piperidine rings is 1. The predicted octanol–water partition coefficient (Wildman–Crippen LogP) is 3.56. The fourth-order valence-electron chi connectivity index (χ4n) is 3.38. The number of carbonyl (C=O) groups excluding carboxylic acids is 1. The summed E-state index contributed by atoms with van der Waals surface area (Å²) in [6, 6.07) is 13.5. The first-order valence-electron chi connectivity index (χ1n) is 8.97. The molecular weight excluding hydrogens is 326 g/mol. The lowest BCUT2D eigenvalue weighted by Crippen LogP contribution is -2.39. The molecule has 4 rings (SSSR count). The second-order valence-electron chi connectivity index (χ2n) is 6.61. The molecule has 0 unspecified atom stereocenters. The van der Waals surface area contributed by atoms with Crippen LogP contribution in [0.1, 0.15) is 23.2 Å². The molecule has 0 radical (unpaired) electrons. The Morgan fingerprint density at radius 3 is 2.69 bits per heavy atom. The summed E-state index contributed by atoms with van der Waals surface area (Å²) < 4.78 is 5.86. The lowest BCUT2D eigenvalue weighted by Gasteiger charge is -2.32. The average Bonchev–Trinajstić information content (AvgIpc) is 2.72. The van der Waals surface area contributed by atoms with Crippen LogP contribution >= 0.6 is 0 Å². The minimum Gasteiger partial charge on any atom is -0.493 e. The first kappa shape index (κ1) is 16.5. The molecule has 1 aliphatic rings. The van der Waals surface area contributed by atoms with Gasteiger partial charge < -0.3 is 9.64 Å². The fourth-order valence-corrected chi connectivity index (χ4v) is 3.38. The summed E-state index contributed by atoms with van der Waals surface area (Å²) in [4.78, 5) is 23.3. The quantitative estimate of drug-likeness (QED) is 0.724. The van der Waals surface area contributed by atoms with E-state index in [1.54, 1.807) is 24.7 Å². The van der Waals surface area contributed by atoms with E-state index >= 15 is 0 Å². The second-order valence-corrected chi connectivity index (χ2v) is 6.61. The molecule has 132 valence electrons. The van der Waals surface area contributed by atoms with E-state index < -0.39 is 0 Å². The predicted molar refractivity (Wildman–Crippen MR) is 100 cm³/mol. The largest absolute Gasteiger partial charge is 0.493 e. The van der Waals surface area contributed by atoms with Crippen LogP contribution in [-0.4, -0.2) is 40.5 Å². The highest BCUT2D eigenvalue weighted by Crippen LogP contribution is 2.23. The molecule has 1 saturated heterocycles. The maximum Gasteiger partial charge on any atom is 0.254 e. The number of carbonyl (C=O) groups is 1. The highest BCUT2D eigenvalue weighted by molar-refractivity contribution is 6.05. The molecule has 3 heterocycles. The molecule has 0 N–H and O–H groups in total. The lowest BCUT2D eigenvalue weighted by molar-refractivity contribution is 0.0663. The van der Waals surface area contributed by atoms with Crippen molar-refractivity contribution < 1.29 is 9.53 Å². The molecule has 1 aliphatic heterocycles. The normalized spacial score (nSPS) is 15.2. The number of hydrogen-bond acceptors (Lipinski definition) is 4. The molecule has 5 heteroatoms. The lowest BCUT2D eigenvalue weighted by atomic mass is 9.97. The molecule has 3 aromatic rings. The van der Waals surface area contributed by atoms with Crippen LogP contribution in [-0.2, 0) is 0 Å². The number of pyridine rings is 2. The average molecular weight is 347 g/mol. The zero-order valence-corrected chi connectivity index (χ0v) is 14.5. The standard InChI is InChI=1S/C21H21N3O2/c25-21(18-6-11-23-20-7-10-22-14-19(18)20)24-12-8-16(9-13-24)15-26-17-4-2-1-3-5-17/h1-7,10-11,14,16H,8-9,12-13,15H2. The second kappa shape index (κ2) is 7.52. The van der Waals surface area contributed by atoms with Gasteiger partial charge in [0.2, 0.25) is 0 Å². The van der Waals surface area contributed by atoms with Gasteiger partial charge in [0, 0.05) is 37.1 Å². The molecule has 1 amide bonds. The van der Waals surface area contributed by atoms with Crippen molar-refractivity contribution in [1.82, 2.24) is 14.9 Å². The number of likely N-dealkylation sites (tertiary alicyclic amines) is 1. The molecule has 0 saturated carbocycles. The van der Waals surface area contributed by atoms with Gasteiger partial charge in [0.1, 0.15) is 5.75 Å². The van der Waals surface area contributed by atoms with Crippen LogP contribution in [0, 0.1) is 5.92 Å². The van der Waals surface area contributed by atoms with E-state index in [0.717, 1.165) is 42.6 Å². The topological polar surface area (TPSA) is 55.3 Å². The third kappa shape index (κ3) is 3.52. The number of nitrogens with zero attached hydrogens (tertiary/aromatic N) is 3. The summed E-state index contributed by atoms with van der Waals surface area (Å²) in [6.07, 6.45) is 7.02. The van der Waals surface area contributed by atoms with Crippen LogP contribution in [0.2, 0.25) is 0 Å². The summed E-state index contributed by atoms with van der Waals surface area (Å²) in [5.41, 5.74) is 1.49. The van der Waals surface area contributed by atoms with Crippen LogP contribution in [0.5, 0.6) is 5.75 Å². The monoisotopic (exact) mass is 347 g/mol. The van der Waals surface area contributed by atoms with Gasteiger partial charge in [-0.1, -0.05) is 18.2 Å². The maximum absolute atomic E-state index is 12.9. The number of fused-ring (bicyclic) bond motifs is 1. The SMILES string of the molecule is O=C(c1ccnc2ccncc12)N1CCC(COc2ccccc2)CC1. The van der Waals surface area contributed by atoms with Crippen LogP contribution in [0.15, 0.2) is 61.1 Å². The Labute approximate surface area is 152 Å². The molecule has 0 bridgehead atoms. The Kier molecular flexibility index (Phi) is 4.78. The summed E-state index contributed by atoms with van der Waals surface area (Å²) in [5.74, 6) is 1.45. The van der Waals surface area contributed by atoms with Crippen molar-refractivity contribution >= 4 is 16.8 Å². The number of benzene rings is 1. The van der Waals surface area contributed by atoms with Gasteiger partial charge in [0.15, 0.2) is 0 Å². The number of hydrogen-bond donors (Lipinski definition) is 0. The smallest absolute Gasteiger partial charge is 0.254 e. The Balaban J connectivity index is 1.37. The van der Waals surface area contributed by atoms with Crippen molar-refractivity contribution in [2.45, 2.75) is 12.8 Å². The molecule has 5 nitrogen and oxygen atoms in total. The summed E-state index contributed by atoms with van der Waals surface area (Å²) in [5, 5.41) is 0.814. The van der Waals surface area contributed by atoms with Gasteiger partial charge >= 0.3 is 0 Å². The summed E-state index contributed by atoms with van der Waals surface area (Å²) in [6.45, 7) is 2.21. The van der Waals surface area contributed by atoms with Crippen molar-refractivity contribution in [1.29, 1.82) is 0 Å². The van der Waals surface area contributed by atoms with Crippen molar-refractivity contribution in [2.75, 3.05) is 19.7 Å². The first-order valence-corrected chi connectivity index (χ1v) is 8.97. The maximum atomic E-state index is 12.9. The van der Waals surface area contributed by atoms with Crippen LogP contribution in [0.25, 0.3) is 10.9 Å². The van der Waals surface area contributed by atoms with Crippen molar-refractivity contribution in [3.63, 3.8) is 0 Å². The Morgan fingerprint density at radius 1 is 1.08 bits per heavy atom. The van der Waals surface area contributed by atoms with E-state index in [0.29, 0.717) is 18.1 Å². The fraction of sp³-hybridized carbons (Fsp3) is 0.286. The Morgan fingerprint density at radius 2 is 1.88 bits per heavy atom. The van der Waals surface area contributed by atoms with Gasteiger partial charge in [-0.15, -0.1) is 0 Å². The van der Waals surface area contributed by atoms with Crippen molar-refractivity contribution in [3.8, 4) is 5.75 Å². The summed E-state index contributed by atoms with van der Waals surface area (Å²) >= 11 is 0. The number of ether oxygens (including phenoxy) is 1. The highest BCUT2D eigenvalue weighted by Gasteiger charge is 2.25. The third-order valence-corrected chi connectivity index (χ3v) is 4.90. The van der Waals surface area contributed by atoms with E-state index in [1.807, 2.05) is 41.3 Å². The first-order chi connectivity index (χ1) is 12.8. The molecule has 2 aromatic heterocycles. The molecule has 1 aromatic carbocycles. The van der Waals surface area contributed by atoms with Crippen molar-refractivity contribution in [2.24, 2.45) is 5.92 Å². The van der Waals surface area contributed by atoms with Crippen molar-refractivity contribution in [3.05, 3.63) is 66.6 Å². The van der Waals surface area contributed by atoms with Gasteiger partial charge in [0.05, 0.1) is 17.7 Å². The van der Waals surface area contributed by atoms with E-state index in [-0.39, 0.29) is 5.91 Å². The molecule has 0 aliphatic carbocycles. The third-order valence-electron chi connectivity index (χ3n) is 4.90. The zero-order valence-electron chi connectivity index (χ0n) is 14.5. The minimum atomic E-state index is 0.0628. The zero-order chi connectivity index (χ0) is 17.8. The number of rotatable bonds is 4. The molecule has 1 fully saturated rings. The van der Waals surface area contributed by atoms with Crippen LogP contribution < -0.4 is 4.74 Å². The Hall–Kier alpha value is -2.95. The molecular formula is C21H21N3O2. The van der Waals surface area contributed by atoms with Gasteiger partial charge in [-0.25, -0.2) is 0 Å². The van der Waals surface area contributed by atoms with Crippen LogP contribution in [0.4, 0.5) is 0 Å². The number of para-hydroxylation sites is 1. The highest BCUT2D eigenvalue weighted by atomic mass is 16.5. The van der Waals surface area contributed by atoms with Gasteiger partial charge in [-0.2, -0.15) is 0 Å². The Bertz CT molecular complexity index is 885. The van der Waals surface area contributed by atoms with Gasteiger partial charge in [-0.3, -0.25) is 14.8 Å². The van der Waals surface area contributed by atoms with Gasteiger partial charge in [0.25, 0.3) is 5.91 Å². The van der Waals surface area contributed by atoms with E-state index in [1.165, 1.54) is 0 Å². The molecule has 0 spiro atoms. The molecule has 26 heavy (non-hydrogen) atoms. The van der Waals surface area contributed by atoms with Crippen LogP contribution in [0.3, 0.4) is 0 Å². The summed E-state index contributed by atoms with van der Waals surface area (Å²) in [7, 11) is 0. The van der Waals surface area contributed by atoms with Gasteiger partial charge in [-0.05, 0) is 43.0 Å². The number of amides is 1. The number of aromatic nitrogens is 2. The van der Waals surface area contributed by atoms with E-state index in [4.69, 9.17) is 4.74 Å². The molecule has 0 atom stereocenters.